The number of para-hydroxylation sites is 1. The second-order valence-electron chi connectivity index (χ2n) is 3.47. The van der Waals surface area contributed by atoms with Gasteiger partial charge in [0.15, 0.2) is 0 Å². The Morgan fingerprint density at radius 2 is 2.07 bits per heavy atom. The smallest absolute Gasteiger partial charge is 0.147 e. The molecule has 0 aromatic heterocycles. The molecule has 0 spiro atoms. The van der Waals surface area contributed by atoms with Crippen molar-refractivity contribution in [1.82, 2.24) is 0 Å². The Balaban J connectivity index is 2.80. The molecular formula is C11H15BrFNO. The lowest BCUT2D eigenvalue weighted by Gasteiger charge is -2.22. The van der Waals surface area contributed by atoms with Crippen LogP contribution in [0.3, 0.4) is 0 Å². The molecule has 0 aliphatic carbocycles. The van der Waals surface area contributed by atoms with E-state index in [4.69, 9.17) is 4.74 Å². The van der Waals surface area contributed by atoms with E-state index in [-0.39, 0.29) is 18.0 Å². The van der Waals surface area contributed by atoms with Crippen LogP contribution in [0.15, 0.2) is 22.7 Å². The topological polar surface area (TPSA) is 21.3 Å². The van der Waals surface area contributed by atoms with Crippen molar-refractivity contribution < 1.29 is 9.13 Å². The van der Waals surface area contributed by atoms with Crippen LogP contribution >= 0.6 is 15.9 Å². The van der Waals surface area contributed by atoms with Gasteiger partial charge in [0, 0.05) is 17.6 Å². The zero-order valence-corrected chi connectivity index (χ0v) is 10.6. The number of rotatable bonds is 4. The molecule has 1 aromatic rings. The molecule has 0 saturated heterocycles. The number of ether oxygens (including phenoxy) is 1. The monoisotopic (exact) mass is 275 g/mol. The first kappa shape index (κ1) is 12.5. The van der Waals surface area contributed by atoms with Gasteiger partial charge >= 0.3 is 0 Å². The molecule has 1 N–H and O–H groups in total. The number of methoxy groups -OCH3 is 1. The van der Waals surface area contributed by atoms with E-state index in [0.29, 0.717) is 5.69 Å². The van der Waals surface area contributed by atoms with E-state index in [1.165, 1.54) is 6.07 Å². The van der Waals surface area contributed by atoms with Crippen LogP contribution in [0.1, 0.15) is 13.8 Å². The summed E-state index contributed by atoms with van der Waals surface area (Å²) < 4.78 is 19.3. The van der Waals surface area contributed by atoms with Gasteiger partial charge in [-0.05, 0) is 41.9 Å². The predicted molar refractivity (Wildman–Crippen MR) is 63.7 cm³/mol. The molecule has 0 fully saturated rings. The molecule has 0 saturated carbocycles. The molecule has 2 atom stereocenters. The van der Waals surface area contributed by atoms with Gasteiger partial charge in [-0.2, -0.15) is 0 Å². The van der Waals surface area contributed by atoms with E-state index >= 15 is 0 Å². The Labute approximate surface area is 98.0 Å². The van der Waals surface area contributed by atoms with Gasteiger partial charge in [-0.1, -0.05) is 6.07 Å². The molecular weight excluding hydrogens is 261 g/mol. The molecule has 0 heterocycles. The van der Waals surface area contributed by atoms with Crippen LogP contribution in [-0.4, -0.2) is 19.3 Å². The SMILES string of the molecule is COC(C)C(C)Nc1c(F)cccc1Br. The van der Waals surface area contributed by atoms with Crippen molar-refractivity contribution in [3.05, 3.63) is 28.5 Å². The molecule has 84 valence electrons. The maximum Gasteiger partial charge on any atom is 0.147 e. The highest BCUT2D eigenvalue weighted by Crippen LogP contribution is 2.26. The van der Waals surface area contributed by atoms with Gasteiger partial charge in [0.05, 0.1) is 11.8 Å². The normalized spacial score (nSPS) is 14.7. The third-order valence-corrected chi connectivity index (χ3v) is 3.07. The molecule has 0 bridgehead atoms. The number of nitrogens with one attached hydrogen (secondary N) is 1. The van der Waals surface area contributed by atoms with Crippen molar-refractivity contribution in [2.24, 2.45) is 0 Å². The largest absolute Gasteiger partial charge is 0.380 e. The number of hydrogen-bond donors (Lipinski definition) is 1. The van der Waals surface area contributed by atoms with E-state index in [0.717, 1.165) is 4.47 Å². The molecule has 15 heavy (non-hydrogen) atoms. The number of benzene rings is 1. The maximum absolute atomic E-state index is 13.4. The van der Waals surface area contributed by atoms with Gasteiger partial charge in [0.2, 0.25) is 0 Å². The lowest BCUT2D eigenvalue weighted by molar-refractivity contribution is 0.106. The highest BCUT2D eigenvalue weighted by molar-refractivity contribution is 9.10. The van der Waals surface area contributed by atoms with Crippen LogP contribution in [0.2, 0.25) is 0 Å². The molecule has 0 aliphatic rings. The van der Waals surface area contributed by atoms with Gasteiger partial charge in [-0.15, -0.1) is 0 Å². The maximum atomic E-state index is 13.4. The molecule has 0 radical (unpaired) electrons. The van der Waals surface area contributed by atoms with Crippen molar-refractivity contribution in [1.29, 1.82) is 0 Å². The van der Waals surface area contributed by atoms with E-state index in [1.807, 2.05) is 13.8 Å². The molecule has 0 amide bonds. The average molecular weight is 276 g/mol. The first-order chi connectivity index (χ1) is 7.06. The summed E-state index contributed by atoms with van der Waals surface area (Å²) in [5, 5.41) is 3.08. The highest BCUT2D eigenvalue weighted by atomic mass is 79.9. The molecule has 1 aromatic carbocycles. The summed E-state index contributed by atoms with van der Waals surface area (Å²) in [5.74, 6) is -0.264. The van der Waals surface area contributed by atoms with E-state index in [2.05, 4.69) is 21.2 Å². The predicted octanol–water partition coefficient (Wildman–Crippen LogP) is 3.42. The molecule has 4 heteroatoms. The Bertz CT molecular complexity index is 312. The molecule has 2 nitrogen and oxygen atoms in total. The van der Waals surface area contributed by atoms with Crippen LogP contribution in [0.5, 0.6) is 0 Å². The van der Waals surface area contributed by atoms with Crippen molar-refractivity contribution >= 4 is 21.6 Å². The minimum atomic E-state index is -0.264. The fraction of sp³-hybridized carbons (Fsp3) is 0.455. The second kappa shape index (κ2) is 5.47. The van der Waals surface area contributed by atoms with Crippen LogP contribution < -0.4 is 5.32 Å². The van der Waals surface area contributed by atoms with Crippen LogP contribution in [0.25, 0.3) is 0 Å². The lowest BCUT2D eigenvalue weighted by atomic mass is 10.2. The van der Waals surface area contributed by atoms with E-state index in [1.54, 1.807) is 19.2 Å². The summed E-state index contributed by atoms with van der Waals surface area (Å²) in [7, 11) is 1.64. The fourth-order valence-corrected chi connectivity index (χ4v) is 1.64. The summed E-state index contributed by atoms with van der Waals surface area (Å²) in [6.45, 7) is 3.89. The van der Waals surface area contributed by atoms with Gasteiger partial charge in [-0.3, -0.25) is 0 Å². The van der Waals surface area contributed by atoms with Crippen molar-refractivity contribution in [3.8, 4) is 0 Å². The van der Waals surface area contributed by atoms with Gasteiger partial charge < -0.3 is 10.1 Å². The summed E-state index contributed by atoms with van der Waals surface area (Å²) >= 11 is 3.30. The van der Waals surface area contributed by atoms with E-state index in [9.17, 15) is 4.39 Å². The average Bonchev–Trinajstić information content (AvgIpc) is 2.22. The first-order valence-electron chi connectivity index (χ1n) is 4.79. The summed E-state index contributed by atoms with van der Waals surface area (Å²) in [5.41, 5.74) is 0.480. The van der Waals surface area contributed by atoms with E-state index < -0.39 is 0 Å². The quantitative estimate of drug-likeness (QED) is 0.909. The lowest BCUT2D eigenvalue weighted by Crippen LogP contribution is -2.30. The number of hydrogen-bond acceptors (Lipinski definition) is 2. The van der Waals surface area contributed by atoms with Crippen molar-refractivity contribution in [3.63, 3.8) is 0 Å². The van der Waals surface area contributed by atoms with Crippen molar-refractivity contribution in [2.75, 3.05) is 12.4 Å². The van der Waals surface area contributed by atoms with Gasteiger partial charge in [0.25, 0.3) is 0 Å². The summed E-state index contributed by atoms with van der Waals surface area (Å²) in [4.78, 5) is 0. The van der Waals surface area contributed by atoms with Crippen molar-refractivity contribution in [2.45, 2.75) is 26.0 Å². The summed E-state index contributed by atoms with van der Waals surface area (Å²) in [6, 6.07) is 4.94. The van der Waals surface area contributed by atoms with Gasteiger partial charge in [-0.25, -0.2) is 4.39 Å². The zero-order valence-electron chi connectivity index (χ0n) is 9.05. The minimum Gasteiger partial charge on any atom is -0.380 e. The second-order valence-corrected chi connectivity index (χ2v) is 4.32. The zero-order chi connectivity index (χ0) is 11.4. The first-order valence-corrected chi connectivity index (χ1v) is 5.59. The molecule has 1 rings (SSSR count). The van der Waals surface area contributed by atoms with Crippen LogP contribution in [0.4, 0.5) is 10.1 Å². The molecule has 0 aliphatic heterocycles. The minimum absolute atomic E-state index is 0.0245. The Morgan fingerprint density at radius 1 is 1.40 bits per heavy atom. The molecule has 2 unspecified atom stereocenters. The Morgan fingerprint density at radius 3 is 2.60 bits per heavy atom. The van der Waals surface area contributed by atoms with Crippen LogP contribution in [0, 0.1) is 5.82 Å². The number of anilines is 1. The van der Waals surface area contributed by atoms with Crippen LogP contribution in [-0.2, 0) is 4.74 Å². The Hall–Kier alpha value is -0.610. The Kier molecular flexibility index (Phi) is 4.54. The standard InChI is InChI=1S/C11H15BrFNO/c1-7(8(2)15-3)14-11-9(12)5-4-6-10(11)13/h4-8,14H,1-3H3. The third-order valence-electron chi connectivity index (χ3n) is 2.41. The number of halogens is 2. The van der Waals surface area contributed by atoms with Gasteiger partial charge in [0.1, 0.15) is 5.82 Å². The summed E-state index contributed by atoms with van der Waals surface area (Å²) in [6.07, 6.45) is 0.0245. The highest BCUT2D eigenvalue weighted by Gasteiger charge is 2.14. The third kappa shape index (κ3) is 3.18. The fourth-order valence-electron chi connectivity index (χ4n) is 1.18.